The number of hydrogen-bond acceptors (Lipinski definition) is 6. The first-order chi connectivity index (χ1) is 16.0. The number of anilines is 1. The maximum Gasteiger partial charge on any atom is 0.338 e. The van der Waals surface area contributed by atoms with E-state index in [9.17, 15) is 22.8 Å². The van der Waals surface area contributed by atoms with E-state index in [4.69, 9.17) is 4.74 Å². The largest absolute Gasteiger partial charge is 0.449 e. The number of sulfonamides is 1. The third-order valence-electron chi connectivity index (χ3n) is 5.77. The summed E-state index contributed by atoms with van der Waals surface area (Å²) in [4.78, 5) is 38.3. The first kappa shape index (κ1) is 25.4. The summed E-state index contributed by atoms with van der Waals surface area (Å²) < 4.78 is 32.7. The van der Waals surface area contributed by atoms with Crippen LogP contribution in [0.1, 0.15) is 35.3 Å². The summed E-state index contributed by atoms with van der Waals surface area (Å²) in [7, 11) is -3.85. The highest BCUT2D eigenvalue weighted by atomic mass is 32.2. The van der Waals surface area contributed by atoms with Gasteiger partial charge in [0.15, 0.2) is 6.10 Å². The molecule has 0 saturated carbocycles. The molecule has 2 aromatic carbocycles. The summed E-state index contributed by atoms with van der Waals surface area (Å²) in [6, 6.07) is 11.2. The molecular weight excluding hydrogens is 458 g/mol. The monoisotopic (exact) mass is 487 g/mol. The normalized spacial score (nSPS) is 15.5. The van der Waals surface area contributed by atoms with Crippen molar-refractivity contribution in [2.45, 2.75) is 38.7 Å². The Morgan fingerprint density at radius 1 is 0.971 bits per heavy atom. The summed E-state index contributed by atoms with van der Waals surface area (Å²) in [5.41, 5.74) is 2.45. The molecule has 1 fully saturated rings. The molecule has 0 spiro atoms. The van der Waals surface area contributed by atoms with E-state index in [2.05, 4.69) is 5.32 Å². The average molecular weight is 488 g/mol. The van der Waals surface area contributed by atoms with Crippen LogP contribution in [0.2, 0.25) is 0 Å². The Morgan fingerprint density at radius 2 is 1.56 bits per heavy atom. The van der Waals surface area contributed by atoms with Crippen molar-refractivity contribution in [3.8, 4) is 0 Å². The van der Waals surface area contributed by atoms with Crippen LogP contribution < -0.4 is 5.32 Å². The van der Waals surface area contributed by atoms with Crippen LogP contribution in [0.4, 0.5) is 5.69 Å². The minimum absolute atomic E-state index is 0.0233. The Hall–Kier alpha value is -3.24. The second kappa shape index (κ2) is 10.4. The summed E-state index contributed by atoms with van der Waals surface area (Å²) in [6.45, 7) is 7.60. The first-order valence-corrected chi connectivity index (χ1v) is 12.4. The van der Waals surface area contributed by atoms with Crippen LogP contribution in [0, 0.1) is 13.8 Å². The Kier molecular flexibility index (Phi) is 7.73. The molecule has 34 heavy (non-hydrogen) atoms. The molecule has 3 rings (SSSR count). The van der Waals surface area contributed by atoms with Crippen LogP contribution in [0.25, 0.3) is 0 Å². The number of benzene rings is 2. The molecule has 2 amide bonds. The smallest absolute Gasteiger partial charge is 0.338 e. The van der Waals surface area contributed by atoms with Gasteiger partial charge in [0.1, 0.15) is 0 Å². The molecule has 10 heteroatoms. The van der Waals surface area contributed by atoms with Gasteiger partial charge >= 0.3 is 5.97 Å². The third kappa shape index (κ3) is 5.63. The molecule has 1 heterocycles. The van der Waals surface area contributed by atoms with Crippen LogP contribution in [-0.4, -0.2) is 67.7 Å². The fourth-order valence-electron chi connectivity index (χ4n) is 3.69. The van der Waals surface area contributed by atoms with Crippen molar-refractivity contribution in [2.75, 3.05) is 31.5 Å². The molecule has 0 bridgehead atoms. The molecular formula is C24H29N3O6S. The van der Waals surface area contributed by atoms with Crippen LogP contribution in [0.3, 0.4) is 0 Å². The van der Waals surface area contributed by atoms with Crippen molar-refractivity contribution in [3.63, 3.8) is 0 Å². The van der Waals surface area contributed by atoms with Crippen molar-refractivity contribution in [3.05, 3.63) is 59.2 Å². The van der Waals surface area contributed by atoms with E-state index in [0.29, 0.717) is 18.8 Å². The topological polar surface area (TPSA) is 113 Å². The zero-order valence-electron chi connectivity index (χ0n) is 19.7. The predicted molar refractivity (Wildman–Crippen MR) is 127 cm³/mol. The van der Waals surface area contributed by atoms with E-state index >= 15 is 0 Å². The molecule has 1 aliphatic rings. The first-order valence-electron chi connectivity index (χ1n) is 10.9. The molecule has 182 valence electrons. The number of carbonyl (C=O) groups is 3. The van der Waals surface area contributed by atoms with Gasteiger partial charge in [0, 0.05) is 38.8 Å². The fourth-order valence-corrected chi connectivity index (χ4v) is 5.16. The van der Waals surface area contributed by atoms with Crippen LogP contribution in [0.5, 0.6) is 0 Å². The standard InChI is InChI=1S/C24H29N3O6S/c1-16-7-5-8-17(2)22(16)25-23(29)18(3)33-24(30)20-9-6-10-21(15-20)34(31,32)27-13-11-26(12-14-27)19(4)28/h5-10,15,18H,11-14H2,1-4H3,(H,25,29)/t18-/m0/s1. The van der Waals surface area contributed by atoms with Crippen molar-refractivity contribution in [1.82, 2.24) is 9.21 Å². The maximum absolute atomic E-state index is 13.0. The molecule has 1 aliphatic heterocycles. The summed E-state index contributed by atoms with van der Waals surface area (Å²) in [5.74, 6) is -1.39. The second-order valence-electron chi connectivity index (χ2n) is 8.24. The molecule has 2 aromatic rings. The van der Waals surface area contributed by atoms with E-state index in [-0.39, 0.29) is 29.5 Å². The van der Waals surface area contributed by atoms with Crippen LogP contribution in [-0.2, 0) is 24.3 Å². The van der Waals surface area contributed by atoms with E-state index < -0.39 is 28.0 Å². The number of ether oxygens (including phenoxy) is 1. The van der Waals surface area contributed by atoms with Crippen LogP contribution in [0.15, 0.2) is 47.4 Å². The number of hydrogen-bond donors (Lipinski definition) is 1. The van der Waals surface area contributed by atoms with E-state index in [1.165, 1.54) is 42.4 Å². The SMILES string of the molecule is CC(=O)N1CCN(S(=O)(=O)c2cccc(C(=O)O[C@@H](C)C(=O)Nc3c(C)cccc3C)c2)CC1. The van der Waals surface area contributed by atoms with Crippen molar-refractivity contribution < 1.29 is 27.5 Å². The molecule has 9 nitrogen and oxygen atoms in total. The predicted octanol–water partition coefficient (Wildman–Crippen LogP) is 2.34. The number of nitrogens with one attached hydrogen (secondary N) is 1. The van der Waals surface area contributed by atoms with E-state index in [1.54, 1.807) is 4.90 Å². The number of carbonyl (C=O) groups excluding carboxylic acids is 3. The minimum atomic E-state index is -3.85. The number of nitrogens with zero attached hydrogens (tertiary/aromatic N) is 2. The summed E-state index contributed by atoms with van der Waals surface area (Å²) in [5, 5.41) is 2.78. The lowest BCUT2D eigenvalue weighted by molar-refractivity contribution is -0.130. The van der Waals surface area contributed by atoms with Gasteiger partial charge in [-0.05, 0) is 50.1 Å². The Bertz CT molecular complexity index is 1180. The lowest BCUT2D eigenvalue weighted by Gasteiger charge is -2.33. The number of amides is 2. The fraction of sp³-hybridized carbons (Fsp3) is 0.375. The van der Waals surface area contributed by atoms with Gasteiger partial charge in [-0.2, -0.15) is 4.31 Å². The van der Waals surface area contributed by atoms with Crippen molar-refractivity contribution in [2.24, 2.45) is 0 Å². The van der Waals surface area contributed by atoms with Crippen LogP contribution >= 0.6 is 0 Å². The Labute approximate surface area is 199 Å². The Balaban J connectivity index is 1.68. The zero-order valence-corrected chi connectivity index (χ0v) is 20.5. The molecule has 0 aliphatic carbocycles. The Morgan fingerprint density at radius 3 is 2.15 bits per heavy atom. The third-order valence-corrected chi connectivity index (χ3v) is 7.67. The second-order valence-corrected chi connectivity index (χ2v) is 10.2. The zero-order chi connectivity index (χ0) is 25.0. The van der Waals surface area contributed by atoms with Gasteiger partial charge in [-0.25, -0.2) is 13.2 Å². The van der Waals surface area contributed by atoms with Gasteiger partial charge in [-0.1, -0.05) is 24.3 Å². The highest BCUT2D eigenvalue weighted by Crippen LogP contribution is 2.21. The number of piperazine rings is 1. The molecule has 0 unspecified atom stereocenters. The van der Waals surface area contributed by atoms with Gasteiger partial charge in [0.25, 0.3) is 5.91 Å². The number of rotatable bonds is 6. The van der Waals surface area contributed by atoms with Crippen molar-refractivity contribution in [1.29, 1.82) is 0 Å². The van der Waals surface area contributed by atoms with E-state index in [0.717, 1.165) is 11.1 Å². The van der Waals surface area contributed by atoms with Gasteiger partial charge in [0.2, 0.25) is 15.9 Å². The maximum atomic E-state index is 13.0. The van der Waals surface area contributed by atoms with Gasteiger partial charge < -0.3 is 15.0 Å². The van der Waals surface area contributed by atoms with Gasteiger partial charge in [-0.15, -0.1) is 0 Å². The molecule has 0 radical (unpaired) electrons. The highest BCUT2D eigenvalue weighted by Gasteiger charge is 2.30. The van der Waals surface area contributed by atoms with E-state index in [1.807, 2.05) is 32.0 Å². The number of aryl methyl sites for hydroxylation is 2. The number of esters is 1. The molecule has 0 aromatic heterocycles. The molecule has 1 N–H and O–H groups in total. The summed E-state index contributed by atoms with van der Waals surface area (Å²) in [6.07, 6.45) is -1.09. The lowest BCUT2D eigenvalue weighted by Crippen LogP contribution is -2.49. The quantitative estimate of drug-likeness (QED) is 0.626. The molecule has 1 atom stereocenters. The average Bonchev–Trinajstić information content (AvgIpc) is 2.81. The highest BCUT2D eigenvalue weighted by molar-refractivity contribution is 7.89. The number of para-hydroxylation sites is 1. The van der Waals surface area contributed by atoms with Crippen molar-refractivity contribution >= 4 is 33.5 Å². The molecule has 1 saturated heterocycles. The van der Waals surface area contributed by atoms with Gasteiger partial charge in [0.05, 0.1) is 10.5 Å². The minimum Gasteiger partial charge on any atom is -0.449 e. The lowest BCUT2D eigenvalue weighted by atomic mass is 10.1. The summed E-state index contributed by atoms with van der Waals surface area (Å²) >= 11 is 0. The van der Waals surface area contributed by atoms with Gasteiger partial charge in [-0.3, -0.25) is 9.59 Å².